The molecule has 0 saturated heterocycles. The fourth-order valence-corrected chi connectivity index (χ4v) is 1.36. The van der Waals surface area contributed by atoms with E-state index < -0.39 is 11.9 Å². The third-order valence-electron chi connectivity index (χ3n) is 2.94. The van der Waals surface area contributed by atoms with E-state index in [0.717, 1.165) is 0 Å². The van der Waals surface area contributed by atoms with E-state index in [0.29, 0.717) is 18.5 Å². The SMILES string of the molecule is CC(C)C(C)NCC(O)COc1ccccc1F. The number of hydrogen-bond acceptors (Lipinski definition) is 3. The van der Waals surface area contributed by atoms with E-state index in [-0.39, 0.29) is 12.4 Å². The van der Waals surface area contributed by atoms with E-state index >= 15 is 0 Å². The predicted molar refractivity (Wildman–Crippen MR) is 70.2 cm³/mol. The number of halogens is 1. The maximum absolute atomic E-state index is 13.2. The number of benzene rings is 1. The monoisotopic (exact) mass is 255 g/mol. The summed E-state index contributed by atoms with van der Waals surface area (Å²) in [5.74, 6) is 0.270. The van der Waals surface area contributed by atoms with Crippen molar-refractivity contribution in [2.45, 2.75) is 32.9 Å². The maximum atomic E-state index is 13.2. The molecule has 2 atom stereocenters. The van der Waals surface area contributed by atoms with Crippen molar-refractivity contribution in [1.82, 2.24) is 5.32 Å². The van der Waals surface area contributed by atoms with Crippen LogP contribution in [0.5, 0.6) is 5.75 Å². The molecule has 0 saturated carbocycles. The lowest BCUT2D eigenvalue weighted by Crippen LogP contribution is -2.39. The van der Waals surface area contributed by atoms with Gasteiger partial charge in [0.25, 0.3) is 0 Å². The van der Waals surface area contributed by atoms with Crippen LogP contribution in [-0.2, 0) is 0 Å². The molecular formula is C14H22FNO2. The molecule has 1 aromatic rings. The van der Waals surface area contributed by atoms with Gasteiger partial charge in [0.05, 0.1) is 0 Å². The van der Waals surface area contributed by atoms with Crippen molar-refractivity contribution < 1.29 is 14.2 Å². The average Bonchev–Trinajstić information content (AvgIpc) is 2.34. The molecule has 0 aliphatic carbocycles. The van der Waals surface area contributed by atoms with Gasteiger partial charge in [0.2, 0.25) is 0 Å². The average molecular weight is 255 g/mol. The highest BCUT2D eigenvalue weighted by atomic mass is 19.1. The first kappa shape index (κ1) is 14.9. The largest absolute Gasteiger partial charge is 0.488 e. The first-order chi connectivity index (χ1) is 8.50. The van der Waals surface area contributed by atoms with Crippen LogP contribution in [0.4, 0.5) is 4.39 Å². The third kappa shape index (κ3) is 5.02. The molecule has 0 bridgehead atoms. The van der Waals surface area contributed by atoms with Crippen LogP contribution < -0.4 is 10.1 Å². The van der Waals surface area contributed by atoms with Gasteiger partial charge < -0.3 is 15.2 Å². The Bertz CT molecular complexity index is 357. The van der Waals surface area contributed by atoms with Gasteiger partial charge in [0, 0.05) is 12.6 Å². The maximum Gasteiger partial charge on any atom is 0.165 e. The van der Waals surface area contributed by atoms with Crippen molar-refractivity contribution >= 4 is 0 Å². The van der Waals surface area contributed by atoms with Gasteiger partial charge in [0.1, 0.15) is 12.7 Å². The van der Waals surface area contributed by atoms with Gasteiger partial charge in [-0.3, -0.25) is 0 Å². The lowest BCUT2D eigenvalue weighted by atomic mass is 10.1. The molecule has 0 heterocycles. The first-order valence-electron chi connectivity index (χ1n) is 6.29. The second-order valence-electron chi connectivity index (χ2n) is 4.84. The second-order valence-corrected chi connectivity index (χ2v) is 4.84. The Morgan fingerprint density at radius 1 is 1.28 bits per heavy atom. The molecule has 0 amide bonds. The lowest BCUT2D eigenvalue weighted by Gasteiger charge is -2.20. The van der Waals surface area contributed by atoms with Crippen molar-refractivity contribution in [3.05, 3.63) is 30.1 Å². The van der Waals surface area contributed by atoms with Crippen LogP contribution in [0.1, 0.15) is 20.8 Å². The Labute approximate surface area is 108 Å². The van der Waals surface area contributed by atoms with Gasteiger partial charge in [0.15, 0.2) is 11.6 Å². The summed E-state index contributed by atoms with van der Waals surface area (Å²) in [7, 11) is 0. The summed E-state index contributed by atoms with van der Waals surface area (Å²) in [6.07, 6.45) is -0.647. The Morgan fingerprint density at radius 2 is 1.94 bits per heavy atom. The van der Waals surface area contributed by atoms with Gasteiger partial charge >= 0.3 is 0 Å². The summed E-state index contributed by atoms with van der Waals surface area (Å²) in [5.41, 5.74) is 0. The summed E-state index contributed by atoms with van der Waals surface area (Å²) < 4.78 is 18.5. The number of aliphatic hydroxyl groups is 1. The van der Waals surface area contributed by atoms with Gasteiger partial charge in [-0.25, -0.2) is 4.39 Å². The van der Waals surface area contributed by atoms with E-state index in [1.165, 1.54) is 6.07 Å². The lowest BCUT2D eigenvalue weighted by molar-refractivity contribution is 0.100. The molecular weight excluding hydrogens is 233 g/mol. The molecule has 18 heavy (non-hydrogen) atoms. The van der Waals surface area contributed by atoms with E-state index in [2.05, 4.69) is 26.1 Å². The smallest absolute Gasteiger partial charge is 0.165 e. The van der Waals surface area contributed by atoms with E-state index in [1.54, 1.807) is 18.2 Å². The third-order valence-corrected chi connectivity index (χ3v) is 2.94. The topological polar surface area (TPSA) is 41.5 Å². The van der Waals surface area contributed by atoms with Crippen molar-refractivity contribution in [1.29, 1.82) is 0 Å². The molecule has 1 rings (SSSR count). The molecule has 2 N–H and O–H groups in total. The van der Waals surface area contributed by atoms with E-state index in [4.69, 9.17) is 4.74 Å². The summed E-state index contributed by atoms with van der Waals surface area (Å²) in [6, 6.07) is 6.51. The minimum atomic E-state index is -0.647. The fourth-order valence-electron chi connectivity index (χ4n) is 1.36. The Kier molecular flexibility index (Phi) is 6.09. The molecule has 3 nitrogen and oxygen atoms in total. The minimum Gasteiger partial charge on any atom is -0.488 e. The Morgan fingerprint density at radius 3 is 2.56 bits per heavy atom. The molecule has 0 aliphatic heterocycles. The molecule has 2 unspecified atom stereocenters. The van der Waals surface area contributed by atoms with Crippen LogP contribution in [0, 0.1) is 11.7 Å². The summed E-state index contributed by atoms with van der Waals surface area (Å²) >= 11 is 0. The second kappa shape index (κ2) is 7.34. The van der Waals surface area contributed by atoms with Crippen molar-refractivity contribution in [3.63, 3.8) is 0 Å². The summed E-state index contributed by atoms with van der Waals surface area (Å²) in [5, 5.41) is 12.9. The van der Waals surface area contributed by atoms with Crippen molar-refractivity contribution in [3.8, 4) is 5.75 Å². The Hall–Kier alpha value is -1.13. The minimum absolute atomic E-state index is 0.0821. The molecule has 0 radical (unpaired) electrons. The summed E-state index contributed by atoms with van der Waals surface area (Å²) in [4.78, 5) is 0. The summed E-state index contributed by atoms with van der Waals surface area (Å²) in [6.45, 7) is 6.81. The molecule has 0 spiro atoms. The highest BCUT2D eigenvalue weighted by Gasteiger charge is 2.11. The number of rotatable bonds is 7. The Balaban J connectivity index is 2.29. The van der Waals surface area contributed by atoms with Crippen LogP contribution in [-0.4, -0.2) is 30.4 Å². The normalized spacial score (nSPS) is 14.6. The van der Waals surface area contributed by atoms with Gasteiger partial charge in [-0.15, -0.1) is 0 Å². The quantitative estimate of drug-likeness (QED) is 0.785. The van der Waals surface area contributed by atoms with E-state index in [9.17, 15) is 9.50 Å². The number of hydrogen-bond donors (Lipinski definition) is 2. The van der Waals surface area contributed by atoms with Crippen LogP contribution in [0.15, 0.2) is 24.3 Å². The molecule has 0 aromatic heterocycles. The zero-order chi connectivity index (χ0) is 13.5. The van der Waals surface area contributed by atoms with Gasteiger partial charge in [-0.2, -0.15) is 0 Å². The predicted octanol–water partition coefficient (Wildman–Crippen LogP) is 2.20. The molecule has 0 aliphatic rings. The van der Waals surface area contributed by atoms with Gasteiger partial charge in [-0.1, -0.05) is 26.0 Å². The van der Waals surface area contributed by atoms with Gasteiger partial charge in [-0.05, 0) is 25.0 Å². The standard InChI is InChI=1S/C14H22FNO2/c1-10(2)11(3)16-8-12(17)9-18-14-7-5-4-6-13(14)15/h4-7,10-12,16-17H,8-9H2,1-3H3. The number of aliphatic hydroxyl groups excluding tert-OH is 1. The van der Waals surface area contributed by atoms with Crippen LogP contribution in [0.2, 0.25) is 0 Å². The van der Waals surface area contributed by atoms with Crippen LogP contribution in [0.3, 0.4) is 0 Å². The van der Waals surface area contributed by atoms with E-state index in [1.807, 2.05) is 0 Å². The highest BCUT2D eigenvalue weighted by molar-refractivity contribution is 5.23. The van der Waals surface area contributed by atoms with Crippen LogP contribution >= 0.6 is 0 Å². The number of para-hydroxylation sites is 1. The molecule has 4 heteroatoms. The van der Waals surface area contributed by atoms with Crippen molar-refractivity contribution in [2.24, 2.45) is 5.92 Å². The zero-order valence-corrected chi connectivity index (χ0v) is 11.2. The fraction of sp³-hybridized carbons (Fsp3) is 0.571. The number of nitrogens with one attached hydrogen (secondary N) is 1. The number of ether oxygens (including phenoxy) is 1. The molecule has 1 aromatic carbocycles. The van der Waals surface area contributed by atoms with Crippen LogP contribution in [0.25, 0.3) is 0 Å². The van der Waals surface area contributed by atoms with Crippen molar-refractivity contribution in [2.75, 3.05) is 13.2 Å². The molecule has 102 valence electrons. The highest BCUT2D eigenvalue weighted by Crippen LogP contribution is 2.15. The first-order valence-corrected chi connectivity index (χ1v) is 6.29. The zero-order valence-electron chi connectivity index (χ0n) is 11.2. The molecule has 0 fully saturated rings.